The lowest BCUT2D eigenvalue weighted by molar-refractivity contribution is 0.236. The van der Waals surface area contributed by atoms with E-state index in [1.807, 2.05) is 6.92 Å². The normalized spacial score (nSPS) is 18.1. The maximum Gasteiger partial charge on any atom is 0.131 e. The minimum atomic E-state index is -0.215. The van der Waals surface area contributed by atoms with Crippen molar-refractivity contribution >= 4 is 0 Å². The largest absolute Gasteiger partial charge is 0.497 e. The maximum absolute atomic E-state index is 14.0. The topological polar surface area (TPSA) is 24.5 Å². The van der Waals surface area contributed by atoms with Crippen molar-refractivity contribution in [2.24, 2.45) is 0 Å². The van der Waals surface area contributed by atoms with Gasteiger partial charge in [-0.15, -0.1) is 0 Å². The number of methoxy groups -OCH3 is 1. The monoisotopic (exact) mass is 280 g/mol. The Morgan fingerprint density at radius 2 is 2.10 bits per heavy atom. The van der Waals surface area contributed by atoms with Crippen LogP contribution in [0.1, 0.15) is 38.3 Å². The Hall–Kier alpha value is -1.13. The SMILES string of the molecule is COc1ccc(C(C)NCC(C)N(C)C2CC2)c(F)c1. The molecule has 2 rings (SSSR count). The second-order valence-electron chi connectivity index (χ2n) is 5.76. The highest BCUT2D eigenvalue weighted by Gasteiger charge is 2.29. The highest BCUT2D eigenvalue weighted by atomic mass is 19.1. The van der Waals surface area contributed by atoms with Gasteiger partial charge in [0.05, 0.1) is 7.11 Å². The fourth-order valence-electron chi connectivity index (χ4n) is 2.43. The molecule has 1 saturated carbocycles. The molecule has 0 heterocycles. The van der Waals surface area contributed by atoms with Crippen molar-refractivity contribution in [2.75, 3.05) is 20.7 Å². The lowest BCUT2D eigenvalue weighted by atomic mass is 10.1. The fraction of sp³-hybridized carbons (Fsp3) is 0.625. The van der Waals surface area contributed by atoms with Crippen molar-refractivity contribution in [1.29, 1.82) is 0 Å². The molecule has 2 unspecified atom stereocenters. The Labute approximate surface area is 121 Å². The summed E-state index contributed by atoms with van der Waals surface area (Å²) in [7, 11) is 3.72. The summed E-state index contributed by atoms with van der Waals surface area (Å²) in [5.74, 6) is 0.341. The minimum Gasteiger partial charge on any atom is -0.497 e. The van der Waals surface area contributed by atoms with E-state index in [4.69, 9.17) is 4.74 Å². The molecule has 20 heavy (non-hydrogen) atoms. The number of rotatable bonds is 7. The Morgan fingerprint density at radius 3 is 2.65 bits per heavy atom. The highest BCUT2D eigenvalue weighted by Crippen LogP contribution is 2.27. The van der Waals surface area contributed by atoms with Gasteiger partial charge in [0.1, 0.15) is 11.6 Å². The van der Waals surface area contributed by atoms with E-state index in [0.29, 0.717) is 17.4 Å². The summed E-state index contributed by atoms with van der Waals surface area (Å²) in [6.45, 7) is 5.07. The summed E-state index contributed by atoms with van der Waals surface area (Å²) in [5, 5.41) is 3.42. The third-order valence-electron chi connectivity index (χ3n) is 4.21. The molecule has 0 bridgehead atoms. The maximum atomic E-state index is 14.0. The molecule has 0 aliphatic heterocycles. The van der Waals surface area contributed by atoms with E-state index in [1.54, 1.807) is 19.2 Å². The van der Waals surface area contributed by atoms with E-state index in [0.717, 1.165) is 12.6 Å². The second-order valence-corrected chi connectivity index (χ2v) is 5.76. The third kappa shape index (κ3) is 3.70. The van der Waals surface area contributed by atoms with Crippen molar-refractivity contribution in [1.82, 2.24) is 10.2 Å². The zero-order valence-electron chi connectivity index (χ0n) is 12.8. The molecular weight excluding hydrogens is 255 g/mol. The first-order chi connectivity index (χ1) is 9.52. The number of hydrogen-bond acceptors (Lipinski definition) is 3. The Bertz CT molecular complexity index is 448. The van der Waals surface area contributed by atoms with Crippen LogP contribution in [0.3, 0.4) is 0 Å². The van der Waals surface area contributed by atoms with Gasteiger partial charge in [-0.1, -0.05) is 6.07 Å². The Kier molecular flexibility index (Phi) is 5.00. The quantitative estimate of drug-likeness (QED) is 0.831. The smallest absolute Gasteiger partial charge is 0.131 e. The van der Waals surface area contributed by atoms with Gasteiger partial charge in [-0.2, -0.15) is 0 Å². The summed E-state index contributed by atoms with van der Waals surface area (Å²) in [6.07, 6.45) is 2.62. The number of hydrogen-bond donors (Lipinski definition) is 1. The summed E-state index contributed by atoms with van der Waals surface area (Å²) in [4.78, 5) is 2.41. The summed E-state index contributed by atoms with van der Waals surface area (Å²) in [5.41, 5.74) is 0.687. The summed E-state index contributed by atoms with van der Waals surface area (Å²) < 4.78 is 19.0. The van der Waals surface area contributed by atoms with Gasteiger partial charge in [0.2, 0.25) is 0 Å². The van der Waals surface area contributed by atoms with Crippen LogP contribution in [0.15, 0.2) is 18.2 Å². The van der Waals surface area contributed by atoms with Crippen LogP contribution in [0.4, 0.5) is 4.39 Å². The van der Waals surface area contributed by atoms with Crippen molar-refractivity contribution in [3.8, 4) is 5.75 Å². The van der Waals surface area contributed by atoms with Crippen LogP contribution in [0.2, 0.25) is 0 Å². The molecule has 0 amide bonds. The van der Waals surface area contributed by atoms with Gasteiger partial charge >= 0.3 is 0 Å². The van der Waals surface area contributed by atoms with E-state index < -0.39 is 0 Å². The predicted octanol–water partition coefficient (Wildman–Crippen LogP) is 2.97. The van der Waals surface area contributed by atoms with Gasteiger partial charge in [-0.3, -0.25) is 4.90 Å². The van der Waals surface area contributed by atoms with Crippen LogP contribution in [-0.4, -0.2) is 37.7 Å². The van der Waals surface area contributed by atoms with Crippen LogP contribution in [-0.2, 0) is 0 Å². The molecule has 1 aromatic rings. The average Bonchev–Trinajstić information content (AvgIpc) is 3.27. The zero-order valence-corrected chi connectivity index (χ0v) is 12.8. The summed E-state index contributed by atoms with van der Waals surface area (Å²) >= 11 is 0. The van der Waals surface area contributed by atoms with Gasteiger partial charge in [-0.25, -0.2) is 4.39 Å². The van der Waals surface area contributed by atoms with Crippen LogP contribution >= 0.6 is 0 Å². The highest BCUT2D eigenvalue weighted by molar-refractivity contribution is 5.30. The van der Waals surface area contributed by atoms with Crippen LogP contribution in [0, 0.1) is 5.82 Å². The molecule has 112 valence electrons. The van der Waals surface area contributed by atoms with Crippen molar-refractivity contribution in [3.63, 3.8) is 0 Å². The molecule has 1 N–H and O–H groups in total. The number of halogens is 1. The van der Waals surface area contributed by atoms with Gasteiger partial charge in [0.25, 0.3) is 0 Å². The summed E-state index contributed by atoms with van der Waals surface area (Å²) in [6, 6.07) is 6.24. The average molecular weight is 280 g/mol. The molecule has 1 fully saturated rings. The molecule has 0 saturated heterocycles. The van der Waals surface area contributed by atoms with Crippen molar-refractivity contribution in [2.45, 2.75) is 44.8 Å². The molecule has 0 spiro atoms. The zero-order chi connectivity index (χ0) is 14.7. The van der Waals surface area contributed by atoms with Gasteiger partial charge in [-0.05, 0) is 39.8 Å². The number of ether oxygens (including phenoxy) is 1. The van der Waals surface area contributed by atoms with E-state index in [9.17, 15) is 4.39 Å². The molecule has 1 aromatic carbocycles. The first kappa shape index (κ1) is 15.3. The van der Waals surface area contributed by atoms with E-state index in [-0.39, 0.29) is 11.9 Å². The number of likely N-dealkylation sites (N-methyl/N-ethyl adjacent to an activating group) is 1. The lowest BCUT2D eigenvalue weighted by Gasteiger charge is -2.26. The van der Waals surface area contributed by atoms with Crippen LogP contribution in [0.25, 0.3) is 0 Å². The van der Waals surface area contributed by atoms with Gasteiger partial charge in [0.15, 0.2) is 0 Å². The first-order valence-electron chi connectivity index (χ1n) is 7.31. The number of nitrogens with one attached hydrogen (secondary N) is 1. The van der Waals surface area contributed by atoms with E-state index in [2.05, 4.69) is 24.2 Å². The fourth-order valence-corrected chi connectivity index (χ4v) is 2.43. The molecule has 0 aromatic heterocycles. The molecular formula is C16H25FN2O. The predicted molar refractivity (Wildman–Crippen MR) is 79.6 cm³/mol. The standard InChI is InChI=1S/C16H25FN2O/c1-11(19(3)13-5-6-13)10-18-12(2)15-8-7-14(20-4)9-16(15)17/h7-9,11-13,18H,5-6,10H2,1-4H3. The number of nitrogens with zero attached hydrogens (tertiary/aromatic N) is 1. The van der Waals surface area contributed by atoms with Gasteiger partial charge < -0.3 is 10.1 Å². The molecule has 4 heteroatoms. The first-order valence-corrected chi connectivity index (χ1v) is 7.31. The third-order valence-corrected chi connectivity index (χ3v) is 4.21. The van der Waals surface area contributed by atoms with Crippen LogP contribution in [0.5, 0.6) is 5.75 Å². The number of benzene rings is 1. The van der Waals surface area contributed by atoms with Crippen LogP contribution < -0.4 is 10.1 Å². The van der Waals surface area contributed by atoms with Crippen molar-refractivity contribution < 1.29 is 9.13 Å². The second kappa shape index (κ2) is 6.55. The van der Waals surface area contributed by atoms with Crippen molar-refractivity contribution in [3.05, 3.63) is 29.6 Å². The molecule has 1 aliphatic rings. The van der Waals surface area contributed by atoms with Gasteiger partial charge in [0, 0.05) is 36.3 Å². The lowest BCUT2D eigenvalue weighted by Crippen LogP contribution is -2.40. The Morgan fingerprint density at radius 1 is 1.40 bits per heavy atom. The molecule has 3 nitrogen and oxygen atoms in total. The Balaban J connectivity index is 1.89. The van der Waals surface area contributed by atoms with E-state index in [1.165, 1.54) is 18.9 Å². The molecule has 1 aliphatic carbocycles. The minimum absolute atomic E-state index is 0.00374. The molecule has 0 radical (unpaired) electrons. The van der Waals surface area contributed by atoms with E-state index >= 15 is 0 Å². The molecule has 2 atom stereocenters.